The molecule has 72 heavy (non-hydrogen) atoms. The summed E-state index contributed by atoms with van der Waals surface area (Å²) >= 11 is 18.8. The molecule has 18 nitrogen and oxygen atoms in total. The van der Waals surface area contributed by atoms with Crippen LogP contribution in [0.1, 0.15) is 83.2 Å². The van der Waals surface area contributed by atoms with E-state index in [1.165, 1.54) is 36.8 Å². The summed E-state index contributed by atoms with van der Waals surface area (Å²) in [7, 11) is 0. The van der Waals surface area contributed by atoms with Crippen LogP contribution in [0.25, 0.3) is 0 Å². The van der Waals surface area contributed by atoms with Gasteiger partial charge in [0.05, 0.1) is 87.0 Å². The topological polar surface area (TPSA) is 261 Å². The van der Waals surface area contributed by atoms with E-state index in [-0.39, 0.29) is 53.1 Å². The van der Waals surface area contributed by atoms with E-state index < -0.39 is 0 Å². The zero-order chi connectivity index (χ0) is 50.8. The van der Waals surface area contributed by atoms with Gasteiger partial charge in [-0.2, -0.15) is 15.8 Å². The smallest absolute Gasteiger partial charge is 0.274 e. The van der Waals surface area contributed by atoms with Crippen molar-refractivity contribution in [1.29, 1.82) is 15.8 Å². The van der Waals surface area contributed by atoms with Crippen molar-refractivity contribution in [2.75, 3.05) is 75.0 Å². The Kier molecular flexibility index (Phi) is 19.1. The van der Waals surface area contributed by atoms with E-state index in [1.807, 2.05) is 36.4 Å². The number of nitriles is 3. The molecular formula is C51H45Cl3N12O6. The number of pyridine rings is 3. The van der Waals surface area contributed by atoms with E-state index >= 15 is 0 Å². The van der Waals surface area contributed by atoms with Crippen molar-refractivity contribution >= 4 is 69.6 Å². The number of anilines is 3. The predicted octanol–water partition coefficient (Wildman–Crippen LogP) is 7.56. The quantitative estimate of drug-likeness (QED) is 0.0816. The molecule has 21 heteroatoms. The van der Waals surface area contributed by atoms with Gasteiger partial charge in [0, 0.05) is 57.9 Å². The highest BCUT2D eigenvalue weighted by atomic mass is 35.5. The summed E-state index contributed by atoms with van der Waals surface area (Å²) in [6.07, 6.45) is 3.95. The van der Waals surface area contributed by atoms with Gasteiger partial charge in [-0.1, -0.05) is 53.0 Å². The Morgan fingerprint density at radius 2 is 0.903 bits per heavy atom. The van der Waals surface area contributed by atoms with Gasteiger partial charge in [-0.3, -0.25) is 14.4 Å². The Labute approximate surface area is 429 Å². The average molecular weight is 1030 g/mol. The fourth-order valence-corrected chi connectivity index (χ4v) is 7.90. The summed E-state index contributed by atoms with van der Waals surface area (Å²) < 4.78 is 17.1. The van der Waals surface area contributed by atoms with Crippen LogP contribution in [0.3, 0.4) is 0 Å². The van der Waals surface area contributed by atoms with Gasteiger partial charge in [-0.15, -0.1) is 0 Å². The number of hydrogen-bond acceptors (Lipinski definition) is 15. The lowest BCUT2D eigenvalue weighted by Crippen LogP contribution is -2.33. The molecule has 0 saturated carbocycles. The Balaban J connectivity index is 0.000000158. The molecule has 0 bridgehead atoms. The fraction of sp³-hybridized carbons (Fsp3) is 0.235. The molecule has 6 heterocycles. The van der Waals surface area contributed by atoms with E-state index in [2.05, 4.69) is 46.9 Å². The molecule has 3 fully saturated rings. The molecule has 0 unspecified atom stereocenters. The largest absolute Gasteiger partial charge is 0.371 e. The maximum Gasteiger partial charge on any atom is 0.274 e. The molecule has 0 aliphatic carbocycles. The second kappa shape index (κ2) is 26.2. The first-order chi connectivity index (χ1) is 35.0. The summed E-state index contributed by atoms with van der Waals surface area (Å²) in [6.45, 7) is 6.71. The Bertz CT molecular complexity index is 2660. The van der Waals surface area contributed by atoms with Crippen molar-refractivity contribution in [3.05, 3.63) is 175 Å². The first-order valence-electron chi connectivity index (χ1n) is 22.4. The molecule has 366 valence electrons. The second-order valence-electron chi connectivity index (χ2n) is 15.9. The van der Waals surface area contributed by atoms with Gasteiger partial charge in [0.1, 0.15) is 35.3 Å². The van der Waals surface area contributed by atoms with Crippen LogP contribution >= 0.6 is 34.8 Å². The lowest BCUT2D eigenvalue weighted by molar-refractivity contribution is 0.0276. The summed E-state index contributed by atoms with van der Waals surface area (Å²) in [4.78, 5) is 48.4. The molecule has 0 radical (unpaired) electrons. The standard InChI is InChI=1S/3C17H15ClN4O2/c18-14-7-11(16-10-20-5-6-24-16)2-4-15(14)22-17(23)12-1-3-13(8-19)21-9-12;2*18-13-7-12(16-10-20-5-6-24-16)2-4-14(13)22-17(23)15-3-1-11(8-19)9-21-15/h3*1-4,7,9,16,20H,5-6,10H2,(H,22,23)/t3*16-/m110/s1. The molecule has 3 aromatic carbocycles. The number of morpholine rings is 3. The number of nitrogens with zero attached hydrogens (tertiary/aromatic N) is 6. The zero-order valence-corrected chi connectivity index (χ0v) is 40.5. The summed E-state index contributed by atoms with van der Waals surface area (Å²) in [5, 5.41) is 45.5. The minimum atomic E-state index is -0.385. The lowest BCUT2D eigenvalue weighted by Gasteiger charge is -2.24. The van der Waals surface area contributed by atoms with Gasteiger partial charge in [0.25, 0.3) is 17.7 Å². The molecule has 6 N–H and O–H groups in total. The highest BCUT2D eigenvalue weighted by Gasteiger charge is 2.21. The molecule has 3 atom stereocenters. The normalized spacial score (nSPS) is 17.1. The van der Waals surface area contributed by atoms with Crippen LogP contribution in [0.5, 0.6) is 0 Å². The number of carbonyl (C=O) groups is 3. The number of rotatable bonds is 9. The monoisotopic (exact) mass is 1030 g/mol. The number of aromatic nitrogens is 3. The van der Waals surface area contributed by atoms with Crippen molar-refractivity contribution in [2.45, 2.75) is 18.3 Å². The number of carbonyl (C=O) groups excluding carboxylic acids is 3. The van der Waals surface area contributed by atoms with Gasteiger partial charge in [0.15, 0.2) is 0 Å². The minimum absolute atomic E-state index is 0.0382. The number of ether oxygens (including phenoxy) is 3. The Morgan fingerprint density at radius 3 is 1.19 bits per heavy atom. The number of amides is 3. The molecule has 3 aliphatic heterocycles. The maximum atomic E-state index is 12.2. The SMILES string of the molecule is N#Cc1ccc(C(=O)Nc2ccc([C@@H]3CNCCO3)cc2Cl)nc1.N#Cc1ccc(C(=O)Nc2ccc([C@H]3CNCCO3)cc2Cl)cn1.N#Cc1ccc(C(=O)Nc2ccc([C@H]3CNCCO3)cc2Cl)nc1. The van der Waals surface area contributed by atoms with Crippen LogP contribution in [0, 0.1) is 34.0 Å². The summed E-state index contributed by atoms with van der Waals surface area (Å²) in [6, 6.07) is 31.2. The van der Waals surface area contributed by atoms with Crippen LogP contribution in [-0.4, -0.2) is 91.8 Å². The maximum absolute atomic E-state index is 12.2. The van der Waals surface area contributed by atoms with Crippen molar-refractivity contribution in [2.24, 2.45) is 0 Å². The predicted molar refractivity (Wildman–Crippen MR) is 270 cm³/mol. The number of nitrogens with one attached hydrogen (secondary N) is 6. The second-order valence-corrected chi connectivity index (χ2v) is 17.1. The minimum Gasteiger partial charge on any atom is -0.371 e. The fourth-order valence-electron chi connectivity index (χ4n) is 7.19. The van der Waals surface area contributed by atoms with Crippen molar-refractivity contribution in [3.63, 3.8) is 0 Å². The van der Waals surface area contributed by atoms with Crippen LogP contribution in [-0.2, 0) is 14.2 Å². The highest BCUT2D eigenvalue weighted by Crippen LogP contribution is 2.31. The van der Waals surface area contributed by atoms with Gasteiger partial charge in [0.2, 0.25) is 0 Å². The number of halogens is 3. The van der Waals surface area contributed by atoms with Crippen LogP contribution in [0.4, 0.5) is 17.1 Å². The lowest BCUT2D eigenvalue weighted by atomic mass is 10.1. The molecular weight excluding hydrogens is 983 g/mol. The summed E-state index contributed by atoms with van der Waals surface area (Å²) in [5.74, 6) is -1.10. The van der Waals surface area contributed by atoms with Gasteiger partial charge in [-0.05, 0) is 89.5 Å². The van der Waals surface area contributed by atoms with E-state index in [1.54, 1.807) is 54.6 Å². The summed E-state index contributed by atoms with van der Waals surface area (Å²) in [5.41, 5.74) is 6.24. The third-order valence-electron chi connectivity index (χ3n) is 11.0. The zero-order valence-electron chi connectivity index (χ0n) is 38.3. The van der Waals surface area contributed by atoms with Crippen LogP contribution in [0.2, 0.25) is 15.1 Å². The van der Waals surface area contributed by atoms with Crippen molar-refractivity contribution in [1.82, 2.24) is 30.9 Å². The molecule has 9 rings (SSSR count). The molecule has 3 saturated heterocycles. The number of benzene rings is 3. The van der Waals surface area contributed by atoms with E-state index in [0.29, 0.717) is 68.6 Å². The van der Waals surface area contributed by atoms with E-state index in [0.717, 1.165) is 56.0 Å². The van der Waals surface area contributed by atoms with Crippen molar-refractivity contribution < 1.29 is 28.6 Å². The highest BCUT2D eigenvalue weighted by molar-refractivity contribution is 6.35. The van der Waals surface area contributed by atoms with E-state index in [4.69, 9.17) is 64.8 Å². The van der Waals surface area contributed by atoms with Gasteiger partial charge in [-0.25, -0.2) is 15.0 Å². The Morgan fingerprint density at radius 1 is 0.500 bits per heavy atom. The van der Waals surface area contributed by atoms with Gasteiger partial charge < -0.3 is 46.1 Å². The molecule has 3 aromatic heterocycles. The number of hydrogen-bond donors (Lipinski definition) is 6. The van der Waals surface area contributed by atoms with E-state index in [9.17, 15) is 14.4 Å². The molecule has 0 spiro atoms. The third kappa shape index (κ3) is 14.6. The van der Waals surface area contributed by atoms with Crippen LogP contribution in [0.15, 0.2) is 110 Å². The van der Waals surface area contributed by atoms with Crippen molar-refractivity contribution in [3.8, 4) is 18.2 Å². The molecule has 3 aliphatic rings. The first kappa shape index (κ1) is 52.4. The van der Waals surface area contributed by atoms with Crippen LogP contribution < -0.4 is 31.9 Å². The average Bonchev–Trinajstić information content (AvgIpc) is 3.43. The molecule has 6 aromatic rings. The first-order valence-corrected chi connectivity index (χ1v) is 23.5. The van der Waals surface area contributed by atoms with Gasteiger partial charge >= 0.3 is 0 Å². The Hall–Kier alpha value is -7.38. The third-order valence-corrected chi connectivity index (χ3v) is 12.0. The molecule has 3 amide bonds.